The van der Waals surface area contributed by atoms with Gasteiger partial charge in [-0.25, -0.2) is 4.79 Å². The molecule has 0 saturated carbocycles. The topological polar surface area (TPSA) is 75.3 Å². The van der Waals surface area contributed by atoms with Crippen LogP contribution in [-0.4, -0.2) is 23.8 Å². The molecule has 0 fully saturated rings. The van der Waals surface area contributed by atoms with Crippen molar-refractivity contribution in [1.29, 1.82) is 0 Å². The van der Waals surface area contributed by atoms with E-state index < -0.39 is 6.03 Å². The van der Waals surface area contributed by atoms with Crippen LogP contribution >= 0.6 is 0 Å². The van der Waals surface area contributed by atoms with Crippen LogP contribution in [0.1, 0.15) is 13.8 Å². The Hall–Kier alpha value is -0.770. The van der Waals surface area contributed by atoms with Crippen molar-refractivity contribution >= 4 is 6.03 Å². The third-order valence-electron chi connectivity index (χ3n) is 1.33. The van der Waals surface area contributed by atoms with Crippen molar-refractivity contribution in [3.63, 3.8) is 0 Å². The predicted octanol–water partition coefficient (Wildman–Crippen LogP) is -0.328. The van der Waals surface area contributed by atoms with E-state index in [-0.39, 0.29) is 18.6 Å². The lowest BCUT2D eigenvalue weighted by Crippen LogP contribution is -2.43. The van der Waals surface area contributed by atoms with E-state index in [9.17, 15) is 4.79 Å². The van der Waals surface area contributed by atoms with Gasteiger partial charge in [-0.3, -0.25) is 0 Å². The zero-order valence-corrected chi connectivity index (χ0v) is 6.29. The Morgan fingerprint density at radius 3 is 2.30 bits per heavy atom. The van der Waals surface area contributed by atoms with Gasteiger partial charge in [-0.1, -0.05) is 13.8 Å². The average Bonchev–Trinajstić information content (AvgIpc) is 1.81. The van der Waals surface area contributed by atoms with Crippen LogP contribution < -0.4 is 11.1 Å². The molecule has 0 rings (SSSR count). The summed E-state index contributed by atoms with van der Waals surface area (Å²) in [4.78, 5) is 10.3. The molecule has 4 heteroatoms. The average molecular weight is 146 g/mol. The number of primary amides is 1. The van der Waals surface area contributed by atoms with E-state index in [0.717, 1.165) is 0 Å². The largest absolute Gasteiger partial charge is 0.394 e. The van der Waals surface area contributed by atoms with E-state index in [0.29, 0.717) is 0 Å². The third kappa shape index (κ3) is 3.29. The van der Waals surface area contributed by atoms with Gasteiger partial charge in [-0.05, 0) is 5.92 Å². The van der Waals surface area contributed by atoms with Crippen LogP contribution in [0.25, 0.3) is 0 Å². The maximum atomic E-state index is 10.3. The second-order valence-electron chi connectivity index (χ2n) is 2.54. The number of aliphatic hydroxyl groups excluding tert-OH is 1. The molecule has 0 aliphatic rings. The molecule has 0 saturated heterocycles. The van der Waals surface area contributed by atoms with E-state index in [1.165, 1.54) is 0 Å². The first-order valence-electron chi connectivity index (χ1n) is 3.24. The molecule has 1 atom stereocenters. The molecule has 0 aromatic heterocycles. The molecular weight excluding hydrogens is 132 g/mol. The van der Waals surface area contributed by atoms with Crippen LogP contribution in [0.2, 0.25) is 0 Å². The first-order chi connectivity index (χ1) is 4.57. The number of hydrogen-bond donors (Lipinski definition) is 3. The lowest BCUT2D eigenvalue weighted by atomic mass is 10.1. The maximum Gasteiger partial charge on any atom is 0.312 e. The van der Waals surface area contributed by atoms with E-state index in [1.807, 2.05) is 13.8 Å². The number of carbonyl (C=O) groups excluding carboxylic acids is 1. The maximum absolute atomic E-state index is 10.3. The highest BCUT2D eigenvalue weighted by Gasteiger charge is 2.12. The van der Waals surface area contributed by atoms with Crippen LogP contribution in [0.15, 0.2) is 0 Å². The van der Waals surface area contributed by atoms with Gasteiger partial charge >= 0.3 is 6.03 Å². The lowest BCUT2D eigenvalue weighted by Gasteiger charge is -2.17. The molecule has 0 spiro atoms. The van der Waals surface area contributed by atoms with Crippen molar-refractivity contribution in [3.8, 4) is 0 Å². The minimum Gasteiger partial charge on any atom is -0.394 e. The number of urea groups is 1. The third-order valence-corrected chi connectivity index (χ3v) is 1.33. The number of nitrogens with two attached hydrogens (primary N) is 1. The summed E-state index contributed by atoms with van der Waals surface area (Å²) in [6.45, 7) is 3.73. The predicted molar refractivity (Wildman–Crippen MR) is 38.4 cm³/mol. The van der Waals surface area contributed by atoms with Crippen molar-refractivity contribution in [3.05, 3.63) is 0 Å². The number of amides is 2. The van der Waals surface area contributed by atoms with Crippen molar-refractivity contribution < 1.29 is 9.90 Å². The van der Waals surface area contributed by atoms with Gasteiger partial charge in [0.05, 0.1) is 12.6 Å². The summed E-state index contributed by atoms with van der Waals surface area (Å²) in [5.41, 5.74) is 4.85. The fraction of sp³-hybridized carbons (Fsp3) is 0.833. The van der Waals surface area contributed by atoms with Gasteiger partial charge in [0.1, 0.15) is 0 Å². The zero-order valence-electron chi connectivity index (χ0n) is 6.29. The molecular formula is C6H14N2O2. The summed E-state index contributed by atoms with van der Waals surface area (Å²) >= 11 is 0. The second-order valence-corrected chi connectivity index (χ2v) is 2.54. The van der Waals surface area contributed by atoms with Gasteiger partial charge in [0, 0.05) is 0 Å². The summed E-state index contributed by atoms with van der Waals surface area (Å²) < 4.78 is 0. The van der Waals surface area contributed by atoms with E-state index >= 15 is 0 Å². The van der Waals surface area contributed by atoms with Crippen LogP contribution in [0, 0.1) is 5.92 Å². The van der Waals surface area contributed by atoms with Crippen LogP contribution in [0.3, 0.4) is 0 Å². The monoisotopic (exact) mass is 146 g/mol. The minimum atomic E-state index is -0.590. The lowest BCUT2D eigenvalue weighted by molar-refractivity contribution is 0.202. The molecule has 0 radical (unpaired) electrons. The molecule has 4 N–H and O–H groups in total. The van der Waals surface area contributed by atoms with Crippen LogP contribution in [0.5, 0.6) is 0 Å². The Labute approximate surface area is 60.4 Å². The van der Waals surface area contributed by atoms with Crippen molar-refractivity contribution in [1.82, 2.24) is 5.32 Å². The van der Waals surface area contributed by atoms with Crippen molar-refractivity contribution in [2.45, 2.75) is 19.9 Å². The summed E-state index contributed by atoms with van der Waals surface area (Å²) in [6, 6.07) is -0.815. The van der Waals surface area contributed by atoms with Gasteiger partial charge < -0.3 is 16.2 Å². The first kappa shape index (κ1) is 9.23. The number of carbonyl (C=O) groups is 1. The Morgan fingerprint density at radius 2 is 2.20 bits per heavy atom. The minimum absolute atomic E-state index is 0.0688. The van der Waals surface area contributed by atoms with Gasteiger partial charge in [-0.2, -0.15) is 0 Å². The quantitative estimate of drug-likeness (QED) is 0.510. The van der Waals surface area contributed by atoms with Crippen LogP contribution in [0.4, 0.5) is 4.79 Å². The molecule has 0 aliphatic heterocycles. The second kappa shape index (κ2) is 4.11. The highest BCUT2D eigenvalue weighted by Crippen LogP contribution is 1.98. The Bertz CT molecular complexity index is 114. The zero-order chi connectivity index (χ0) is 8.15. The summed E-state index contributed by atoms with van der Waals surface area (Å²) in [6.07, 6.45) is 0. The molecule has 0 aromatic rings. The molecule has 10 heavy (non-hydrogen) atoms. The van der Waals surface area contributed by atoms with Gasteiger partial charge in [0.2, 0.25) is 0 Å². The van der Waals surface area contributed by atoms with Crippen molar-refractivity contribution in [2.75, 3.05) is 6.61 Å². The van der Waals surface area contributed by atoms with Gasteiger partial charge in [-0.15, -0.1) is 0 Å². The fourth-order valence-corrected chi connectivity index (χ4v) is 0.606. The SMILES string of the molecule is CC(C)[C@@H](CO)NC(N)=O. The molecule has 0 aromatic carbocycles. The van der Waals surface area contributed by atoms with Crippen LogP contribution in [-0.2, 0) is 0 Å². The van der Waals surface area contributed by atoms with E-state index in [2.05, 4.69) is 5.32 Å². The summed E-state index contributed by atoms with van der Waals surface area (Å²) in [5.74, 6) is 0.206. The molecule has 0 aliphatic carbocycles. The molecule has 2 amide bonds. The summed E-state index contributed by atoms with van der Waals surface area (Å²) in [7, 11) is 0. The highest BCUT2D eigenvalue weighted by atomic mass is 16.3. The number of rotatable bonds is 3. The molecule has 0 heterocycles. The Balaban J connectivity index is 3.71. The number of hydrogen-bond acceptors (Lipinski definition) is 2. The highest BCUT2D eigenvalue weighted by molar-refractivity contribution is 5.71. The smallest absolute Gasteiger partial charge is 0.312 e. The molecule has 0 bridgehead atoms. The van der Waals surface area contributed by atoms with Gasteiger partial charge in [0.15, 0.2) is 0 Å². The standard InChI is InChI=1S/C6H14N2O2/c1-4(2)5(3-9)8-6(7)10/h4-5,9H,3H2,1-2H3,(H3,7,8,10)/t5-/m1/s1. The molecule has 60 valence electrons. The Morgan fingerprint density at radius 1 is 1.70 bits per heavy atom. The first-order valence-corrected chi connectivity index (χ1v) is 3.24. The van der Waals surface area contributed by atoms with Crippen molar-refractivity contribution in [2.24, 2.45) is 11.7 Å². The normalized spacial score (nSPS) is 13.2. The Kier molecular flexibility index (Phi) is 3.79. The number of aliphatic hydroxyl groups is 1. The van der Waals surface area contributed by atoms with E-state index in [1.54, 1.807) is 0 Å². The fourth-order valence-electron chi connectivity index (χ4n) is 0.606. The van der Waals surface area contributed by atoms with Gasteiger partial charge in [0.25, 0.3) is 0 Å². The number of nitrogens with one attached hydrogen (secondary N) is 1. The molecule has 0 unspecified atom stereocenters. The van der Waals surface area contributed by atoms with E-state index in [4.69, 9.17) is 10.8 Å². The summed E-state index contributed by atoms with van der Waals surface area (Å²) in [5, 5.41) is 11.1. The molecule has 4 nitrogen and oxygen atoms in total.